The SMILES string of the molecule is CC(=O)NC(CCOc1ccccc1)COC(C)=O. The second-order valence-corrected chi connectivity index (χ2v) is 4.15. The maximum absolute atomic E-state index is 11.0. The molecule has 5 nitrogen and oxygen atoms in total. The van der Waals surface area contributed by atoms with E-state index < -0.39 is 0 Å². The Morgan fingerprint density at radius 3 is 2.47 bits per heavy atom. The lowest BCUT2D eigenvalue weighted by atomic mass is 10.2. The van der Waals surface area contributed by atoms with Gasteiger partial charge in [0.15, 0.2) is 0 Å². The Labute approximate surface area is 112 Å². The van der Waals surface area contributed by atoms with Gasteiger partial charge in [0.25, 0.3) is 0 Å². The molecule has 0 aliphatic rings. The fourth-order valence-corrected chi connectivity index (χ4v) is 1.54. The highest BCUT2D eigenvalue weighted by molar-refractivity contribution is 5.73. The van der Waals surface area contributed by atoms with Crippen LogP contribution >= 0.6 is 0 Å². The number of hydrogen-bond donors (Lipinski definition) is 1. The van der Waals surface area contributed by atoms with Gasteiger partial charge in [0.1, 0.15) is 12.4 Å². The van der Waals surface area contributed by atoms with Gasteiger partial charge < -0.3 is 14.8 Å². The lowest BCUT2D eigenvalue weighted by molar-refractivity contribution is -0.142. The summed E-state index contributed by atoms with van der Waals surface area (Å²) in [5, 5.41) is 2.73. The van der Waals surface area contributed by atoms with Crippen LogP contribution in [0.4, 0.5) is 0 Å². The molecule has 0 bridgehead atoms. The Kier molecular flexibility index (Phi) is 6.43. The van der Waals surface area contributed by atoms with Gasteiger partial charge >= 0.3 is 5.97 Å². The summed E-state index contributed by atoms with van der Waals surface area (Å²) in [5.74, 6) is 0.257. The van der Waals surface area contributed by atoms with E-state index in [0.717, 1.165) is 5.75 Å². The molecular formula is C14H19NO4. The minimum Gasteiger partial charge on any atom is -0.494 e. The summed E-state index contributed by atoms with van der Waals surface area (Å²) in [7, 11) is 0. The van der Waals surface area contributed by atoms with E-state index in [0.29, 0.717) is 13.0 Å². The zero-order chi connectivity index (χ0) is 14.1. The highest BCUT2D eigenvalue weighted by Crippen LogP contribution is 2.09. The first kappa shape index (κ1) is 15.0. The van der Waals surface area contributed by atoms with Gasteiger partial charge in [0, 0.05) is 20.3 Å². The fourth-order valence-electron chi connectivity index (χ4n) is 1.54. The molecule has 0 aliphatic carbocycles. The highest BCUT2D eigenvalue weighted by Gasteiger charge is 2.12. The topological polar surface area (TPSA) is 64.6 Å². The molecule has 104 valence electrons. The largest absolute Gasteiger partial charge is 0.494 e. The maximum atomic E-state index is 11.0. The molecule has 5 heteroatoms. The lowest BCUT2D eigenvalue weighted by Gasteiger charge is -2.17. The summed E-state index contributed by atoms with van der Waals surface area (Å²) >= 11 is 0. The van der Waals surface area contributed by atoms with Crippen LogP contribution in [-0.4, -0.2) is 31.1 Å². The number of amides is 1. The quantitative estimate of drug-likeness (QED) is 0.759. The molecule has 0 heterocycles. The summed E-state index contributed by atoms with van der Waals surface area (Å²) in [5.41, 5.74) is 0. The number of esters is 1. The first-order valence-electron chi connectivity index (χ1n) is 6.16. The second-order valence-electron chi connectivity index (χ2n) is 4.15. The molecule has 0 aromatic heterocycles. The van der Waals surface area contributed by atoms with Gasteiger partial charge in [-0.15, -0.1) is 0 Å². The van der Waals surface area contributed by atoms with E-state index in [9.17, 15) is 9.59 Å². The number of benzene rings is 1. The second kappa shape index (κ2) is 8.13. The molecule has 1 aromatic carbocycles. The molecule has 0 aliphatic heterocycles. The van der Waals surface area contributed by atoms with Gasteiger partial charge in [-0.05, 0) is 12.1 Å². The maximum Gasteiger partial charge on any atom is 0.302 e. The monoisotopic (exact) mass is 265 g/mol. The smallest absolute Gasteiger partial charge is 0.302 e. The van der Waals surface area contributed by atoms with Crippen molar-refractivity contribution in [3.63, 3.8) is 0 Å². The molecule has 1 aromatic rings. The van der Waals surface area contributed by atoms with Gasteiger partial charge in [-0.3, -0.25) is 9.59 Å². The zero-order valence-corrected chi connectivity index (χ0v) is 11.2. The molecule has 1 unspecified atom stereocenters. The van der Waals surface area contributed by atoms with E-state index in [4.69, 9.17) is 9.47 Å². The van der Waals surface area contributed by atoms with Crippen molar-refractivity contribution in [3.8, 4) is 5.75 Å². The molecule has 0 radical (unpaired) electrons. The van der Waals surface area contributed by atoms with E-state index >= 15 is 0 Å². The summed E-state index contributed by atoms with van der Waals surface area (Å²) in [4.78, 5) is 21.8. The van der Waals surface area contributed by atoms with Crippen LogP contribution in [0.3, 0.4) is 0 Å². The van der Waals surface area contributed by atoms with Crippen LogP contribution in [0.5, 0.6) is 5.75 Å². The minimum absolute atomic E-state index is 0.156. The molecular weight excluding hydrogens is 246 g/mol. The first-order chi connectivity index (χ1) is 9.08. The van der Waals surface area contributed by atoms with E-state index in [-0.39, 0.29) is 24.5 Å². The molecule has 0 fully saturated rings. The third kappa shape index (κ3) is 7.08. The number of carbonyl (C=O) groups excluding carboxylic acids is 2. The van der Waals surface area contributed by atoms with Crippen molar-refractivity contribution in [1.29, 1.82) is 0 Å². The number of carbonyl (C=O) groups is 2. The first-order valence-corrected chi connectivity index (χ1v) is 6.16. The standard InChI is InChI=1S/C14H19NO4/c1-11(16)15-13(10-19-12(2)17)8-9-18-14-6-4-3-5-7-14/h3-7,13H,8-10H2,1-2H3,(H,15,16). The number of rotatable bonds is 7. The molecule has 1 N–H and O–H groups in total. The van der Waals surface area contributed by atoms with E-state index in [1.165, 1.54) is 13.8 Å². The Balaban J connectivity index is 2.35. The van der Waals surface area contributed by atoms with Crippen molar-refractivity contribution < 1.29 is 19.1 Å². The van der Waals surface area contributed by atoms with Crippen LogP contribution in [0.25, 0.3) is 0 Å². The zero-order valence-electron chi connectivity index (χ0n) is 11.2. The number of nitrogens with one attached hydrogen (secondary N) is 1. The van der Waals surface area contributed by atoms with Crippen LogP contribution in [0.2, 0.25) is 0 Å². The van der Waals surface area contributed by atoms with Crippen LogP contribution < -0.4 is 10.1 Å². The fraction of sp³-hybridized carbons (Fsp3) is 0.429. The lowest BCUT2D eigenvalue weighted by Crippen LogP contribution is -2.38. The van der Waals surface area contributed by atoms with Crippen molar-refractivity contribution in [2.24, 2.45) is 0 Å². The van der Waals surface area contributed by atoms with Crippen LogP contribution in [0.15, 0.2) is 30.3 Å². The molecule has 0 saturated carbocycles. The predicted octanol–water partition coefficient (Wildman–Crippen LogP) is 1.52. The Morgan fingerprint density at radius 2 is 1.89 bits per heavy atom. The van der Waals surface area contributed by atoms with Crippen LogP contribution in [0, 0.1) is 0 Å². The van der Waals surface area contributed by atoms with Crippen LogP contribution in [-0.2, 0) is 14.3 Å². The molecule has 1 atom stereocenters. The molecule has 1 amide bonds. The van der Waals surface area contributed by atoms with Gasteiger partial charge in [0.2, 0.25) is 5.91 Å². The average Bonchev–Trinajstić information content (AvgIpc) is 2.36. The van der Waals surface area contributed by atoms with Crippen molar-refractivity contribution in [2.75, 3.05) is 13.2 Å². The van der Waals surface area contributed by atoms with E-state index in [1.807, 2.05) is 30.3 Å². The third-order valence-electron chi connectivity index (χ3n) is 2.37. The highest BCUT2D eigenvalue weighted by atomic mass is 16.5. The molecule has 1 rings (SSSR count). The Hall–Kier alpha value is -2.04. The summed E-state index contributed by atoms with van der Waals surface area (Å²) < 4.78 is 10.4. The van der Waals surface area contributed by atoms with Crippen molar-refractivity contribution in [3.05, 3.63) is 30.3 Å². The van der Waals surface area contributed by atoms with Crippen LogP contribution in [0.1, 0.15) is 20.3 Å². The van der Waals surface area contributed by atoms with Crippen molar-refractivity contribution >= 4 is 11.9 Å². The summed E-state index contributed by atoms with van der Waals surface area (Å²) in [6.45, 7) is 3.37. The predicted molar refractivity (Wildman–Crippen MR) is 70.8 cm³/mol. The Bertz CT molecular complexity index is 405. The van der Waals surface area contributed by atoms with E-state index in [1.54, 1.807) is 0 Å². The van der Waals surface area contributed by atoms with Gasteiger partial charge in [0.05, 0.1) is 12.6 Å². The van der Waals surface area contributed by atoms with Crippen molar-refractivity contribution in [1.82, 2.24) is 5.32 Å². The van der Waals surface area contributed by atoms with E-state index in [2.05, 4.69) is 5.32 Å². The Morgan fingerprint density at radius 1 is 1.21 bits per heavy atom. The number of para-hydroxylation sites is 1. The average molecular weight is 265 g/mol. The van der Waals surface area contributed by atoms with Gasteiger partial charge in [-0.2, -0.15) is 0 Å². The summed E-state index contributed by atoms with van der Waals surface area (Å²) in [6.07, 6.45) is 0.571. The van der Waals surface area contributed by atoms with Gasteiger partial charge in [-0.25, -0.2) is 0 Å². The third-order valence-corrected chi connectivity index (χ3v) is 2.37. The molecule has 0 saturated heterocycles. The number of ether oxygens (including phenoxy) is 2. The summed E-state index contributed by atoms with van der Waals surface area (Å²) in [6, 6.07) is 9.18. The number of hydrogen-bond acceptors (Lipinski definition) is 4. The normalized spacial score (nSPS) is 11.5. The van der Waals surface area contributed by atoms with Crippen molar-refractivity contribution in [2.45, 2.75) is 26.3 Å². The van der Waals surface area contributed by atoms with Gasteiger partial charge in [-0.1, -0.05) is 18.2 Å². The molecule has 19 heavy (non-hydrogen) atoms. The minimum atomic E-state index is -0.362. The molecule has 0 spiro atoms.